The van der Waals surface area contributed by atoms with Crippen LogP contribution in [-0.4, -0.2) is 17.4 Å². The van der Waals surface area contributed by atoms with Crippen LogP contribution in [0.5, 0.6) is 0 Å². The van der Waals surface area contributed by atoms with E-state index in [0.29, 0.717) is 28.7 Å². The molecule has 110 valence electrons. The molecular weight excluding hydrogens is 420 g/mol. The molecule has 0 aliphatic carbocycles. The van der Waals surface area contributed by atoms with Crippen LogP contribution in [0.25, 0.3) is 0 Å². The Hall–Kier alpha value is -0.780. The molecule has 0 aliphatic rings. The first-order valence-corrected chi connectivity index (χ1v) is 8.33. The summed E-state index contributed by atoms with van der Waals surface area (Å²) >= 11 is 14.2. The molecule has 2 aromatic carbocycles. The molecular formula is C16H14Cl2INO. The van der Waals surface area contributed by atoms with Gasteiger partial charge in [-0.2, -0.15) is 0 Å². The summed E-state index contributed by atoms with van der Waals surface area (Å²) in [6.45, 7) is 3.10. The van der Waals surface area contributed by atoms with Crippen LogP contribution in [0.4, 0.5) is 0 Å². The van der Waals surface area contributed by atoms with Crippen LogP contribution in [0.3, 0.4) is 0 Å². The highest BCUT2D eigenvalue weighted by Gasteiger charge is 2.15. The van der Waals surface area contributed by atoms with Crippen LogP contribution in [0, 0.1) is 3.57 Å². The number of amides is 1. The summed E-state index contributed by atoms with van der Waals surface area (Å²) in [5, 5.41) is 1.27. The zero-order chi connectivity index (χ0) is 15.4. The maximum absolute atomic E-state index is 12.6. The van der Waals surface area contributed by atoms with Gasteiger partial charge in [-0.25, -0.2) is 0 Å². The molecule has 0 saturated carbocycles. The first-order chi connectivity index (χ1) is 10.0. The Morgan fingerprint density at radius 3 is 2.57 bits per heavy atom. The second kappa shape index (κ2) is 7.47. The lowest BCUT2D eigenvalue weighted by molar-refractivity contribution is 0.0752. The fourth-order valence-electron chi connectivity index (χ4n) is 1.99. The predicted octanol–water partition coefficient (Wildman–Crippen LogP) is 5.26. The van der Waals surface area contributed by atoms with Crippen molar-refractivity contribution in [3.63, 3.8) is 0 Å². The van der Waals surface area contributed by atoms with Crippen molar-refractivity contribution in [2.75, 3.05) is 6.54 Å². The van der Waals surface area contributed by atoms with Crippen molar-refractivity contribution in [2.24, 2.45) is 0 Å². The summed E-state index contributed by atoms with van der Waals surface area (Å²) in [6, 6.07) is 12.9. The molecule has 5 heteroatoms. The van der Waals surface area contributed by atoms with E-state index in [1.54, 1.807) is 17.0 Å². The third-order valence-electron chi connectivity index (χ3n) is 3.10. The van der Waals surface area contributed by atoms with E-state index in [1.165, 1.54) is 0 Å². The summed E-state index contributed by atoms with van der Waals surface area (Å²) in [5.74, 6) is -0.0317. The van der Waals surface area contributed by atoms with E-state index in [4.69, 9.17) is 23.2 Å². The molecule has 0 aromatic heterocycles. The Morgan fingerprint density at radius 1 is 1.19 bits per heavy atom. The van der Waals surface area contributed by atoms with Crippen molar-refractivity contribution in [1.82, 2.24) is 4.90 Å². The van der Waals surface area contributed by atoms with Gasteiger partial charge in [-0.05, 0) is 65.4 Å². The van der Waals surface area contributed by atoms with E-state index < -0.39 is 0 Å². The van der Waals surface area contributed by atoms with Gasteiger partial charge in [-0.15, -0.1) is 0 Å². The highest BCUT2D eigenvalue weighted by Crippen LogP contribution is 2.21. The molecule has 0 unspecified atom stereocenters. The SMILES string of the molecule is CCN(Cc1cccc(Cl)c1)C(=O)c1ccc(I)c(Cl)c1. The molecule has 0 spiro atoms. The number of carbonyl (C=O) groups excluding carboxylic acids is 1. The van der Waals surface area contributed by atoms with Crippen LogP contribution in [0.1, 0.15) is 22.8 Å². The Balaban J connectivity index is 2.20. The van der Waals surface area contributed by atoms with Gasteiger partial charge in [0, 0.05) is 27.2 Å². The topological polar surface area (TPSA) is 20.3 Å². The van der Waals surface area contributed by atoms with Crippen molar-refractivity contribution >= 4 is 51.7 Å². The van der Waals surface area contributed by atoms with Crippen LogP contribution in [0.15, 0.2) is 42.5 Å². The largest absolute Gasteiger partial charge is 0.335 e. The predicted molar refractivity (Wildman–Crippen MR) is 96.0 cm³/mol. The van der Waals surface area contributed by atoms with E-state index in [-0.39, 0.29) is 5.91 Å². The van der Waals surface area contributed by atoms with Crippen molar-refractivity contribution in [1.29, 1.82) is 0 Å². The molecule has 0 atom stereocenters. The number of hydrogen-bond donors (Lipinski definition) is 0. The Labute approximate surface area is 148 Å². The van der Waals surface area contributed by atoms with Gasteiger partial charge < -0.3 is 4.90 Å². The normalized spacial score (nSPS) is 10.5. The number of hydrogen-bond acceptors (Lipinski definition) is 1. The number of halogens is 3. The molecule has 0 aliphatic heterocycles. The quantitative estimate of drug-likeness (QED) is 0.602. The molecule has 2 aromatic rings. The lowest BCUT2D eigenvalue weighted by atomic mass is 10.1. The standard InChI is InChI=1S/C16H14Cl2INO/c1-2-20(10-11-4-3-5-13(17)8-11)16(21)12-6-7-15(19)14(18)9-12/h3-9H,2,10H2,1H3. The fourth-order valence-corrected chi connectivity index (χ4v) is 2.72. The van der Waals surface area contributed by atoms with Gasteiger partial charge in [0.15, 0.2) is 0 Å². The van der Waals surface area contributed by atoms with Gasteiger partial charge in [0.05, 0.1) is 5.02 Å². The zero-order valence-electron chi connectivity index (χ0n) is 11.4. The average Bonchev–Trinajstić information content (AvgIpc) is 2.47. The van der Waals surface area contributed by atoms with E-state index in [0.717, 1.165) is 9.13 Å². The molecule has 0 saturated heterocycles. The lowest BCUT2D eigenvalue weighted by Gasteiger charge is -2.21. The van der Waals surface area contributed by atoms with Gasteiger partial charge >= 0.3 is 0 Å². The first kappa shape index (κ1) is 16.6. The molecule has 0 heterocycles. The molecule has 0 N–H and O–H groups in total. The van der Waals surface area contributed by atoms with Crippen LogP contribution in [0.2, 0.25) is 10.0 Å². The van der Waals surface area contributed by atoms with Crippen LogP contribution >= 0.6 is 45.8 Å². The van der Waals surface area contributed by atoms with Gasteiger partial charge in [0.1, 0.15) is 0 Å². The van der Waals surface area contributed by atoms with Gasteiger partial charge in [0.25, 0.3) is 5.91 Å². The Kier molecular flexibility index (Phi) is 5.90. The van der Waals surface area contributed by atoms with Crippen LogP contribution in [-0.2, 0) is 6.54 Å². The number of rotatable bonds is 4. The molecule has 2 nitrogen and oxygen atoms in total. The minimum absolute atomic E-state index is 0.0317. The average molecular weight is 434 g/mol. The van der Waals surface area contributed by atoms with Gasteiger partial charge in [-0.1, -0.05) is 35.3 Å². The number of nitrogens with zero attached hydrogens (tertiary/aromatic N) is 1. The lowest BCUT2D eigenvalue weighted by Crippen LogP contribution is -2.30. The smallest absolute Gasteiger partial charge is 0.254 e. The second-order valence-corrected chi connectivity index (χ2v) is 6.58. The minimum atomic E-state index is -0.0317. The van der Waals surface area contributed by atoms with Crippen molar-refractivity contribution < 1.29 is 4.79 Å². The number of carbonyl (C=O) groups is 1. The highest BCUT2D eigenvalue weighted by atomic mass is 127. The molecule has 0 fully saturated rings. The summed E-state index contributed by atoms with van der Waals surface area (Å²) in [5.41, 5.74) is 1.61. The van der Waals surface area contributed by atoms with Crippen molar-refractivity contribution in [2.45, 2.75) is 13.5 Å². The van der Waals surface area contributed by atoms with E-state index in [9.17, 15) is 4.79 Å². The maximum Gasteiger partial charge on any atom is 0.254 e. The van der Waals surface area contributed by atoms with E-state index >= 15 is 0 Å². The third kappa shape index (κ3) is 4.34. The van der Waals surface area contributed by atoms with Crippen molar-refractivity contribution in [3.8, 4) is 0 Å². The minimum Gasteiger partial charge on any atom is -0.335 e. The number of benzene rings is 2. The highest BCUT2D eigenvalue weighted by molar-refractivity contribution is 14.1. The first-order valence-electron chi connectivity index (χ1n) is 6.50. The fraction of sp³-hybridized carbons (Fsp3) is 0.188. The molecule has 1 amide bonds. The molecule has 0 radical (unpaired) electrons. The van der Waals surface area contributed by atoms with Gasteiger partial charge in [-0.3, -0.25) is 4.79 Å². The summed E-state index contributed by atoms with van der Waals surface area (Å²) in [6.07, 6.45) is 0. The Bertz CT molecular complexity index is 660. The summed E-state index contributed by atoms with van der Waals surface area (Å²) in [7, 11) is 0. The summed E-state index contributed by atoms with van der Waals surface area (Å²) in [4.78, 5) is 14.3. The third-order valence-corrected chi connectivity index (χ3v) is 4.91. The van der Waals surface area contributed by atoms with Crippen molar-refractivity contribution in [3.05, 3.63) is 67.2 Å². The maximum atomic E-state index is 12.6. The van der Waals surface area contributed by atoms with E-state index in [1.807, 2.05) is 37.3 Å². The monoisotopic (exact) mass is 433 g/mol. The van der Waals surface area contributed by atoms with Gasteiger partial charge in [0.2, 0.25) is 0 Å². The zero-order valence-corrected chi connectivity index (χ0v) is 15.1. The van der Waals surface area contributed by atoms with Crippen LogP contribution < -0.4 is 0 Å². The molecule has 21 heavy (non-hydrogen) atoms. The molecule has 2 rings (SSSR count). The van der Waals surface area contributed by atoms with E-state index in [2.05, 4.69) is 22.6 Å². The Morgan fingerprint density at radius 2 is 1.95 bits per heavy atom. The second-order valence-electron chi connectivity index (χ2n) is 4.58. The summed E-state index contributed by atoms with van der Waals surface area (Å²) < 4.78 is 0.934. The molecule has 0 bridgehead atoms.